The fourth-order valence-electron chi connectivity index (χ4n) is 2.28. The molecule has 7 heteroatoms. The van der Waals surface area contributed by atoms with E-state index in [1.54, 1.807) is 14.0 Å². The summed E-state index contributed by atoms with van der Waals surface area (Å²) >= 11 is 0. The lowest BCUT2D eigenvalue weighted by atomic mass is 10.0. The van der Waals surface area contributed by atoms with Crippen LogP contribution in [0, 0.1) is 11.3 Å². The topological polar surface area (TPSA) is 55.0 Å². The predicted octanol–water partition coefficient (Wildman–Crippen LogP) is 3.76. The fourth-order valence-corrected chi connectivity index (χ4v) is 2.28. The van der Waals surface area contributed by atoms with Gasteiger partial charge in [-0.15, -0.1) is 0 Å². The van der Waals surface area contributed by atoms with Crippen molar-refractivity contribution in [2.45, 2.75) is 13.1 Å². The molecule has 1 aromatic carbocycles. The number of nitriles is 1. The lowest BCUT2D eigenvalue weighted by Crippen LogP contribution is -2.11. The quantitative estimate of drug-likeness (QED) is 0.809. The van der Waals surface area contributed by atoms with Crippen LogP contribution in [0.15, 0.2) is 30.5 Å². The minimum absolute atomic E-state index is 0.128. The molecule has 0 aliphatic heterocycles. The molecule has 1 heterocycles. The highest BCUT2D eigenvalue weighted by Crippen LogP contribution is 2.33. The van der Waals surface area contributed by atoms with E-state index in [2.05, 4.69) is 0 Å². The van der Waals surface area contributed by atoms with Gasteiger partial charge in [0.05, 0.1) is 17.7 Å². The number of carbonyl (C=O) groups excluding carboxylic acids is 1. The van der Waals surface area contributed by atoms with Gasteiger partial charge in [0.1, 0.15) is 11.8 Å². The summed E-state index contributed by atoms with van der Waals surface area (Å²) in [4.78, 5) is 12.1. The average molecular weight is 322 g/mol. The van der Waals surface area contributed by atoms with Gasteiger partial charge in [-0.1, -0.05) is 12.1 Å². The Bertz CT molecular complexity index is 768. The number of aryl methyl sites for hydroxylation is 1. The molecule has 0 bridgehead atoms. The first-order chi connectivity index (χ1) is 10.8. The first-order valence-corrected chi connectivity index (χ1v) is 6.73. The molecule has 0 saturated carbocycles. The Morgan fingerprint density at radius 1 is 1.30 bits per heavy atom. The Morgan fingerprint density at radius 2 is 1.91 bits per heavy atom. The van der Waals surface area contributed by atoms with Gasteiger partial charge in [0.2, 0.25) is 0 Å². The standard InChI is InChI=1S/C16H13F3N2O2/c1-3-23-15(22)14-13(11(8-20)9-21(14)2)10-4-6-12(7-5-10)16(17,18)19/h4-7,9H,3H2,1-2H3. The second kappa shape index (κ2) is 6.16. The first-order valence-electron chi connectivity index (χ1n) is 6.73. The number of carbonyl (C=O) groups is 1. The van der Waals surface area contributed by atoms with E-state index >= 15 is 0 Å². The van der Waals surface area contributed by atoms with Crippen molar-refractivity contribution in [3.8, 4) is 17.2 Å². The number of hydrogen-bond donors (Lipinski definition) is 0. The van der Waals surface area contributed by atoms with Gasteiger partial charge >= 0.3 is 12.1 Å². The van der Waals surface area contributed by atoms with Crippen LogP contribution in [0.1, 0.15) is 28.5 Å². The van der Waals surface area contributed by atoms with E-state index in [1.165, 1.54) is 22.9 Å². The number of aromatic nitrogens is 1. The van der Waals surface area contributed by atoms with Gasteiger partial charge in [0.25, 0.3) is 0 Å². The molecule has 0 unspecified atom stereocenters. The number of nitrogens with zero attached hydrogens (tertiary/aromatic N) is 2. The van der Waals surface area contributed by atoms with Gasteiger partial charge in [-0.2, -0.15) is 18.4 Å². The maximum absolute atomic E-state index is 12.6. The van der Waals surface area contributed by atoms with Crippen LogP contribution in [0.25, 0.3) is 11.1 Å². The van der Waals surface area contributed by atoms with Crippen molar-refractivity contribution < 1.29 is 22.7 Å². The summed E-state index contributed by atoms with van der Waals surface area (Å²) < 4.78 is 44.3. The van der Waals surface area contributed by atoms with Crippen LogP contribution >= 0.6 is 0 Å². The predicted molar refractivity (Wildman–Crippen MR) is 76.5 cm³/mol. The van der Waals surface area contributed by atoms with Crippen LogP contribution < -0.4 is 0 Å². The number of halogens is 3. The molecule has 2 rings (SSSR count). The largest absolute Gasteiger partial charge is 0.461 e. The van der Waals surface area contributed by atoms with Crippen molar-refractivity contribution in [1.82, 2.24) is 4.57 Å². The van der Waals surface area contributed by atoms with Crippen LogP contribution in [-0.4, -0.2) is 17.1 Å². The minimum Gasteiger partial charge on any atom is -0.461 e. The number of esters is 1. The lowest BCUT2D eigenvalue weighted by molar-refractivity contribution is -0.137. The van der Waals surface area contributed by atoms with Crippen molar-refractivity contribution in [2.24, 2.45) is 7.05 Å². The van der Waals surface area contributed by atoms with E-state index in [4.69, 9.17) is 4.74 Å². The SMILES string of the molecule is CCOC(=O)c1c(-c2ccc(C(F)(F)F)cc2)c(C#N)cn1C. The molecular weight excluding hydrogens is 309 g/mol. The summed E-state index contributed by atoms with van der Waals surface area (Å²) in [6, 6.07) is 6.25. The van der Waals surface area contributed by atoms with Gasteiger partial charge in [0, 0.05) is 18.8 Å². The molecule has 0 atom stereocenters. The summed E-state index contributed by atoms with van der Waals surface area (Å²) in [7, 11) is 1.57. The summed E-state index contributed by atoms with van der Waals surface area (Å²) in [5, 5.41) is 9.22. The monoisotopic (exact) mass is 322 g/mol. The Balaban J connectivity index is 2.58. The smallest absolute Gasteiger partial charge is 0.416 e. The van der Waals surface area contributed by atoms with Crippen LogP contribution in [0.3, 0.4) is 0 Å². The molecule has 1 aromatic heterocycles. The molecule has 0 aliphatic carbocycles. The molecule has 0 spiro atoms. The Morgan fingerprint density at radius 3 is 2.39 bits per heavy atom. The number of hydrogen-bond acceptors (Lipinski definition) is 3. The van der Waals surface area contributed by atoms with Gasteiger partial charge in [-0.3, -0.25) is 0 Å². The van der Waals surface area contributed by atoms with E-state index in [1.807, 2.05) is 6.07 Å². The highest BCUT2D eigenvalue weighted by Gasteiger charge is 2.30. The van der Waals surface area contributed by atoms with E-state index in [0.717, 1.165) is 12.1 Å². The first kappa shape index (κ1) is 16.6. The number of alkyl halides is 3. The van der Waals surface area contributed by atoms with Crippen molar-refractivity contribution in [3.63, 3.8) is 0 Å². The second-order valence-corrected chi connectivity index (χ2v) is 4.78. The third kappa shape index (κ3) is 3.21. The summed E-state index contributed by atoms with van der Waals surface area (Å²) in [5.41, 5.74) is 0.132. The normalized spacial score (nSPS) is 11.1. The number of benzene rings is 1. The molecule has 0 N–H and O–H groups in total. The molecular formula is C16H13F3N2O2. The van der Waals surface area contributed by atoms with Gasteiger partial charge in [-0.25, -0.2) is 4.79 Å². The average Bonchev–Trinajstić information content (AvgIpc) is 2.83. The lowest BCUT2D eigenvalue weighted by Gasteiger charge is -2.10. The molecule has 120 valence electrons. The Labute approximate surface area is 130 Å². The van der Waals surface area contributed by atoms with Gasteiger partial charge in [-0.05, 0) is 24.6 Å². The minimum atomic E-state index is -4.45. The Kier molecular flexibility index (Phi) is 4.45. The van der Waals surface area contributed by atoms with Crippen molar-refractivity contribution in [1.29, 1.82) is 5.26 Å². The summed E-state index contributed by atoms with van der Waals surface area (Å²) in [6.45, 7) is 1.79. The molecule has 4 nitrogen and oxygen atoms in total. The number of ether oxygens (including phenoxy) is 1. The maximum Gasteiger partial charge on any atom is 0.416 e. The van der Waals surface area contributed by atoms with E-state index < -0.39 is 17.7 Å². The van der Waals surface area contributed by atoms with Crippen LogP contribution in [-0.2, 0) is 18.0 Å². The zero-order valence-electron chi connectivity index (χ0n) is 12.4. The molecule has 0 fully saturated rings. The van der Waals surface area contributed by atoms with Gasteiger partial charge < -0.3 is 9.30 Å². The summed E-state index contributed by atoms with van der Waals surface area (Å²) in [6.07, 6.45) is -3.00. The fraction of sp³-hybridized carbons (Fsp3) is 0.250. The van der Waals surface area contributed by atoms with Crippen LogP contribution in [0.5, 0.6) is 0 Å². The molecule has 0 radical (unpaired) electrons. The third-order valence-electron chi connectivity index (χ3n) is 3.27. The zero-order valence-corrected chi connectivity index (χ0v) is 12.4. The van der Waals surface area contributed by atoms with Gasteiger partial charge in [0.15, 0.2) is 0 Å². The van der Waals surface area contributed by atoms with E-state index in [-0.39, 0.29) is 23.4 Å². The van der Waals surface area contributed by atoms with Crippen molar-refractivity contribution >= 4 is 5.97 Å². The maximum atomic E-state index is 12.6. The third-order valence-corrected chi connectivity index (χ3v) is 3.27. The molecule has 0 saturated heterocycles. The van der Waals surface area contributed by atoms with Crippen molar-refractivity contribution in [2.75, 3.05) is 6.61 Å². The van der Waals surface area contributed by atoms with Crippen LogP contribution in [0.4, 0.5) is 13.2 Å². The van der Waals surface area contributed by atoms with Crippen molar-refractivity contribution in [3.05, 3.63) is 47.3 Å². The van der Waals surface area contributed by atoms with Crippen LogP contribution in [0.2, 0.25) is 0 Å². The highest BCUT2D eigenvalue weighted by atomic mass is 19.4. The molecule has 2 aromatic rings. The molecule has 0 amide bonds. The number of rotatable bonds is 3. The zero-order chi connectivity index (χ0) is 17.2. The Hall–Kier alpha value is -2.75. The van der Waals surface area contributed by atoms with E-state index in [0.29, 0.717) is 5.56 Å². The second-order valence-electron chi connectivity index (χ2n) is 4.78. The van der Waals surface area contributed by atoms with E-state index in [9.17, 15) is 23.2 Å². The molecule has 0 aliphatic rings. The molecule has 23 heavy (non-hydrogen) atoms. The highest BCUT2D eigenvalue weighted by molar-refractivity contribution is 5.97. The summed E-state index contributed by atoms with van der Waals surface area (Å²) in [5.74, 6) is -0.633.